The Balaban J connectivity index is 1.73. The molecule has 0 aliphatic heterocycles. The molecule has 0 bridgehead atoms. The normalized spacial score (nSPS) is 11.1. The van der Waals surface area contributed by atoms with E-state index in [1.165, 1.54) is 11.3 Å². The summed E-state index contributed by atoms with van der Waals surface area (Å²) in [6.45, 7) is 8.46. The van der Waals surface area contributed by atoms with Gasteiger partial charge in [-0.15, -0.1) is 11.3 Å². The lowest BCUT2D eigenvalue weighted by Gasteiger charge is -2.22. The molecule has 0 radical (unpaired) electrons. The minimum atomic E-state index is -0.300. The topological polar surface area (TPSA) is 50.4 Å². The average molecular weight is 381 g/mol. The van der Waals surface area contributed by atoms with E-state index in [1.807, 2.05) is 60.8 Å². The second-order valence-electron chi connectivity index (χ2n) is 7.42. The third kappa shape index (κ3) is 4.89. The Hall–Kier alpha value is -2.79. The van der Waals surface area contributed by atoms with E-state index in [0.29, 0.717) is 10.8 Å². The molecule has 27 heavy (non-hydrogen) atoms. The number of nitrogens with one attached hydrogen (secondary N) is 2. The maximum absolute atomic E-state index is 12.3. The number of urea groups is 1. The second-order valence-corrected chi connectivity index (χ2v) is 8.29. The Labute approximate surface area is 164 Å². The van der Waals surface area contributed by atoms with Crippen LogP contribution in [0.3, 0.4) is 0 Å². The summed E-state index contributed by atoms with van der Waals surface area (Å²) >= 11 is 1.45. The SMILES string of the molecule is Cc1ccc(NC(=O)Nc2ccsc2Oc2ccccc2C(C)(C)C)cc1. The maximum atomic E-state index is 12.3. The fraction of sp³-hybridized carbons (Fsp3) is 0.227. The van der Waals surface area contributed by atoms with Crippen molar-refractivity contribution in [2.24, 2.45) is 0 Å². The van der Waals surface area contributed by atoms with Gasteiger partial charge in [0.2, 0.25) is 5.06 Å². The molecule has 2 N–H and O–H groups in total. The Kier molecular flexibility index (Phi) is 5.51. The lowest BCUT2D eigenvalue weighted by molar-refractivity contribution is 0.262. The minimum Gasteiger partial charge on any atom is -0.444 e. The molecule has 0 saturated heterocycles. The van der Waals surface area contributed by atoms with Gasteiger partial charge in [-0.05, 0) is 42.0 Å². The van der Waals surface area contributed by atoms with Crippen molar-refractivity contribution >= 4 is 28.7 Å². The molecular weight excluding hydrogens is 356 g/mol. The molecule has 140 valence electrons. The van der Waals surface area contributed by atoms with Gasteiger partial charge in [-0.1, -0.05) is 56.7 Å². The summed E-state index contributed by atoms with van der Waals surface area (Å²) < 4.78 is 6.15. The highest BCUT2D eigenvalue weighted by molar-refractivity contribution is 7.12. The molecule has 2 aromatic carbocycles. The summed E-state index contributed by atoms with van der Waals surface area (Å²) in [6, 6.07) is 17.2. The molecule has 1 heterocycles. The first-order valence-corrected chi connectivity index (χ1v) is 9.70. The van der Waals surface area contributed by atoms with E-state index in [4.69, 9.17) is 4.74 Å². The fourth-order valence-corrected chi connectivity index (χ4v) is 3.38. The number of benzene rings is 2. The molecule has 0 saturated carbocycles. The van der Waals surface area contributed by atoms with Crippen LogP contribution in [0, 0.1) is 6.92 Å². The van der Waals surface area contributed by atoms with Gasteiger partial charge in [-0.3, -0.25) is 0 Å². The molecule has 3 aromatic rings. The summed E-state index contributed by atoms with van der Waals surface area (Å²) in [6.07, 6.45) is 0. The van der Waals surface area contributed by atoms with E-state index in [9.17, 15) is 4.79 Å². The number of carbonyl (C=O) groups is 1. The summed E-state index contributed by atoms with van der Waals surface area (Å²) in [4.78, 5) is 12.3. The molecule has 1 aromatic heterocycles. The predicted octanol–water partition coefficient (Wildman–Crippen LogP) is 6.79. The molecular formula is C22H24N2O2S. The molecule has 0 atom stereocenters. The van der Waals surface area contributed by atoms with Crippen LogP contribution in [0.15, 0.2) is 60.0 Å². The summed E-state index contributed by atoms with van der Waals surface area (Å²) in [5.74, 6) is 0.800. The van der Waals surface area contributed by atoms with E-state index in [0.717, 1.165) is 22.6 Å². The standard InChI is InChI=1S/C22H24N2O2S/c1-15-9-11-16(12-10-15)23-21(25)24-18-13-14-27-20(18)26-19-8-6-5-7-17(19)22(2,3)4/h5-14H,1-4H3,(H2,23,24,25). The van der Waals surface area contributed by atoms with Crippen LogP contribution in [0.5, 0.6) is 10.8 Å². The van der Waals surface area contributed by atoms with Gasteiger partial charge in [0, 0.05) is 11.3 Å². The predicted molar refractivity (Wildman–Crippen MR) is 113 cm³/mol. The van der Waals surface area contributed by atoms with Crippen LogP contribution in [0.1, 0.15) is 31.9 Å². The minimum absolute atomic E-state index is 0.0374. The number of ether oxygens (including phenoxy) is 1. The number of aryl methyl sites for hydroxylation is 1. The first-order valence-electron chi connectivity index (χ1n) is 8.82. The summed E-state index contributed by atoms with van der Waals surface area (Å²) in [7, 11) is 0. The maximum Gasteiger partial charge on any atom is 0.323 e. The van der Waals surface area contributed by atoms with E-state index in [1.54, 1.807) is 0 Å². The molecule has 0 aliphatic carbocycles. The van der Waals surface area contributed by atoms with Gasteiger partial charge in [0.25, 0.3) is 0 Å². The van der Waals surface area contributed by atoms with Gasteiger partial charge in [0.1, 0.15) is 5.75 Å². The Morgan fingerprint density at radius 3 is 2.37 bits per heavy atom. The number of hydrogen-bond acceptors (Lipinski definition) is 3. The van der Waals surface area contributed by atoms with Gasteiger partial charge in [-0.2, -0.15) is 0 Å². The lowest BCUT2D eigenvalue weighted by Crippen LogP contribution is -2.19. The number of para-hydroxylation sites is 1. The van der Waals surface area contributed by atoms with Gasteiger partial charge in [0.15, 0.2) is 0 Å². The van der Waals surface area contributed by atoms with Crippen LogP contribution in [0.4, 0.5) is 16.2 Å². The van der Waals surface area contributed by atoms with Gasteiger partial charge in [-0.25, -0.2) is 4.79 Å². The molecule has 4 nitrogen and oxygen atoms in total. The number of hydrogen-bond donors (Lipinski definition) is 2. The monoisotopic (exact) mass is 380 g/mol. The third-order valence-corrected chi connectivity index (χ3v) is 4.87. The van der Waals surface area contributed by atoms with Crippen molar-refractivity contribution in [2.45, 2.75) is 33.1 Å². The average Bonchev–Trinajstić information content (AvgIpc) is 3.03. The van der Waals surface area contributed by atoms with Crippen molar-refractivity contribution in [1.82, 2.24) is 0 Å². The molecule has 0 spiro atoms. The Bertz CT molecular complexity index is 924. The van der Waals surface area contributed by atoms with Crippen LogP contribution in [0.2, 0.25) is 0 Å². The largest absolute Gasteiger partial charge is 0.444 e. The summed E-state index contributed by atoms with van der Waals surface area (Å²) in [5, 5.41) is 8.26. The highest BCUT2D eigenvalue weighted by Crippen LogP contribution is 2.39. The van der Waals surface area contributed by atoms with Crippen molar-refractivity contribution in [3.63, 3.8) is 0 Å². The van der Waals surface area contributed by atoms with Gasteiger partial charge >= 0.3 is 6.03 Å². The zero-order valence-corrected chi connectivity index (χ0v) is 16.8. The van der Waals surface area contributed by atoms with E-state index >= 15 is 0 Å². The first kappa shape index (κ1) is 19.0. The van der Waals surface area contributed by atoms with Crippen LogP contribution in [-0.2, 0) is 5.41 Å². The van der Waals surface area contributed by atoms with E-state index in [-0.39, 0.29) is 11.4 Å². The Morgan fingerprint density at radius 1 is 0.963 bits per heavy atom. The molecule has 0 aliphatic rings. The van der Waals surface area contributed by atoms with Crippen molar-refractivity contribution in [2.75, 3.05) is 10.6 Å². The van der Waals surface area contributed by atoms with E-state index in [2.05, 4.69) is 37.5 Å². The highest BCUT2D eigenvalue weighted by atomic mass is 32.1. The number of carbonyl (C=O) groups excluding carboxylic acids is 1. The number of thiophene rings is 1. The van der Waals surface area contributed by atoms with Gasteiger partial charge in [0.05, 0.1) is 5.69 Å². The zero-order chi connectivity index (χ0) is 19.4. The van der Waals surface area contributed by atoms with Crippen molar-refractivity contribution in [3.05, 3.63) is 71.1 Å². The lowest BCUT2D eigenvalue weighted by atomic mass is 9.86. The second kappa shape index (κ2) is 7.84. The Morgan fingerprint density at radius 2 is 1.67 bits per heavy atom. The molecule has 0 unspecified atom stereocenters. The smallest absolute Gasteiger partial charge is 0.323 e. The fourth-order valence-electron chi connectivity index (χ4n) is 2.66. The number of anilines is 2. The first-order chi connectivity index (χ1) is 12.8. The van der Waals surface area contributed by atoms with Crippen LogP contribution in [0.25, 0.3) is 0 Å². The molecule has 2 amide bonds. The van der Waals surface area contributed by atoms with Crippen LogP contribution in [-0.4, -0.2) is 6.03 Å². The molecule has 3 rings (SSSR count). The van der Waals surface area contributed by atoms with Gasteiger partial charge < -0.3 is 15.4 Å². The molecule has 5 heteroatoms. The van der Waals surface area contributed by atoms with Crippen LogP contribution < -0.4 is 15.4 Å². The molecule has 0 fully saturated rings. The van der Waals surface area contributed by atoms with Crippen molar-refractivity contribution in [3.8, 4) is 10.8 Å². The van der Waals surface area contributed by atoms with Crippen molar-refractivity contribution in [1.29, 1.82) is 0 Å². The summed E-state index contributed by atoms with van der Waals surface area (Å²) in [5.41, 5.74) is 3.62. The number of rotatable bonds is 4. The number of amides is 2. The highest BCUT2D eigenvalue weighted by Gasteiger charge is 2.20. The van der Waals surface area contributed by atoms with E-state index < -0.39 is 0 Å². The quantitative estimate of drug-likeness (QED) is 0.523. The van der Waals surface area contributed by atoms with Crippen LogP contribution >= 0.6 is 11.3 Å². The zero-order valence-electron chi connectivity index (χ0n) is 16.0. The van der Waals surface area contributed by atoms with Crippen molar-refractivity contribution < 1.29 is 9.53 Å². The third-order valence-electron chi connectivity index (χ3n) is 4.09.